The molecule has 0 aliphatic carbocycles. The minimum atomic E-state index is -5.17. The van der Waals surface area contributed by atoms with E-state index < -0.39 is 10.4 Å². The van der Waals surface area contributed by atoms with Crippen LogP contribution in [0.3, 0.4) is 0 Å². The van der Waals surface area contributed by atoms with Crippen LogP contribution in [0.4, 0.5) is 0 Å². The third-order valence-corrected chi connectivity index (χ3v) is 0. The van der Waals surface area contributed by atoms with Gasteiger partial charge in [0.2, 0.25) is 0 Å². The van der Waals surface area contributed by atoms with Crippen molar-refractivity contribution in [2.45, 2.75) is 0 Å². The van der Waals surface area contributed by atoms with E-state index in [1.165, 1.54) is 0 Å². The average Bonchev–Trinajstić information content (AvgIpc) is 0.722. The first-order valence-corrected chi connectivity index (χ1v) is 2.00. The summed E-state index contributed by atoms with van der Waals surface area (Å²) in [4.78, 5) is 0. The molecule has 1 radical (unpaired) electrons. The summed E-state index contributed by atoms with van der Waals surface area (Å²) in [6, 6.07) is 0. The molecule has 0 unspecified atom stereocenters. The first-order valence-electron chi connectivity index (χ1n) is 0.667. The van der Waals surface area contributed by atoms with Gasteiger partial charge in [0.05, 0.1) is 0 Å². The molecule has 0 N–H and O–H groups in total. The fraction of sp³-hybridized carbons (Fsp3) is 0. The summed E-state index contributed by atoms with van der Waals surface area (Å²) >= 11 is 0. The van der Waals surface area contributed by atoms with Gasteiger partial charge < -0.3 is 9.11 Å². The van der Waals surface area contributed by atoms with E-state index >= 15 is 0 Å². The second kappa shape index (κ2) is 2.53. The fourth-order valence-electron chi connectivity index (χ4n) is 0. The molecule has 0 fully saturated rings. The summed E-state index contributed by atoms with van der Waals surface area (Å²) < 4.78 is 34.1. The van der Waals surface area contributed by atoms with Crippen molar-refractivity contribution in [3.8, 4) is 0 Å². The van der Waals surface area contributed by atoms with E-state index in [2.05, 4.69) is 0 Å². The van der Waals surface area contributed by atoms with E-state index in [-0.39, 0.29) is 18.2 Å². The predicted octanol–water partition coefficient (Wildman–Crippen LogP) is -1.23. The van der Waals surface area contributed by atoms with Gasteiger partial charge in [-0.15, -0.1) is 0 Å². The normalized spacial score (nSPS) is 9.67. The third-order valence-electron chi connectivity index (χ3n) is 0. The van der Waals surface area contributed by atoms with Gasteiger partial charge in [-0.1, -0.05) is 0 Å². The molecule has 0 spiro atoms. The van der Waals surface area contributed by atoms with Gasteiger partial charge in [-0.2, -0.15) is 0 Å². The van der Waals surface area contributed by atoms with Gasteiger partial charge in [0.15, 0.2) is 0 Å². The smallest absolute Gasteiger partial charge is 0.759 e. The summed E-state index contributed by atoms with van der Waals surface area (Å²) in [5.74, 6) is 0. The van der Waals surface area contributed by atoms with Gasteiger partial charge in [0, 0.05) is 27.2 Å². The van der Waals surface area contributed by atoms with Crippen molar-refractivity contribution < 1.29 is 35.7 Å². The molecule has 0 bridgehead atoms. The molecule has 0 aromatic carbocycles. The van der Waals surface area contributed by atoms with Crippen LogP contribution in [0.15, 0.2) is 0 Å². The Kier molecular flexibility index (Phi) is 4.06. The van der Waals surface area contributed by atoms with Gasteiger partial charge >= 0.3 is 1.43 Å². The molecule has 41 valence electrons. The zero-order chi connectivity index (χ0) is 4.50. The molecule has 6 heavy (non-hydrogen) atoms. The molecule has 0 aromatic heterocycles. The summed E-state index contributed by atoms with van der Waals surface area (Å²) in [5, 5.41) is 0. The summed E-state index contributed by atoms with van der Waals surface area (Å²) in [6.07, 6.45) is 0. The maximum Gasteiger partial charge on any atom is 1.00 e. The third kappa shape index (κ3) is 352. The molecule has 0 saturated heterocycles. The Labute approximate surface area is 46.8 Å². The van der Waals surface area contributed by atoms with E-state index in [4.69, 9.17) is 17.5 Å². The van der Waals surface area contributed by atoms with E-state index in [1.807, 2.05) is 0 Å². The molecule has 0 saturated carbocycles. The standard InChI is InChI=1S/Co.H2O4S/c;1-5(2,3)4/h;(H2,1,2,3,4)/p-1. The second-order valence-corrected chi connectivity index (χ2v) is 1.22. The Hall–Kier alpha value is 0.376. The monoisotopic (exact) mass is 156 g/mol. The van der Waals surface area contributed by atoms with Crippen LogP contribution in [0.25, 0.3) is 0 Å². The first-order chi connectivity index (χ1) is 2.00. The fourth-order valence-corrected chi connectivity index (χ4v) is 0. The van der Waals surface area contributed by atoms with Crippen molar-refractivity contribution in [2.24, 2.45) is 0 Å². The molecule has 0 aromatic rings. The maximum atomic E-state index is 8.52. The number of hydrogen-bond acceptors (Lipinski definition) is 4. The molecule has 6 heteroatoms. The molecule has 0 aliphatic rings. The molecule has 0 amide bonds. The Morgan fingerprint density at radius 2 is 1.33 bits per heavy atom. The van der Waals surface area contributed by atoms with Gasteiger partial charge in [-0.05, 0) is 0 Å². The topological polar surface area (TPSA) is 80.3 Å². The van der Waals surface area contributed by atoms with E-state index in [9.17, 15) is 0 Å². The van der Waals surface area contributed by atoms with Crippen molar-refractivity contribution in [2.75, 3.05) is 0 Å². The molecule has 0 heterocycles. The van der Waals surface area contributed by atoms with Gasteiger partial charge in [0.1, 0.15) is 0 Å². The number of hydrogen-bond donors (Lipinski definition) is 0. The van der Waals surface area contributed by atoms with Crippen molar-refractivity contribution in [3.63, 3.8) is 0 Å². The van der Waals surface area contributed by atoms with Crippen molar-refractivity contribution in [1.82, 2.24) is 0 Å². The number of rotatable bonds is 0. The van der Waals surface area contributed by atoms with Crippen LogP contribution in [-0.2, 0) is 27.2 Å². The predicted molar refractivity (Wildman–Crippen MR) is 11.6 cm³/mol. The second-order valence-electron chi connectivity index (χ2n) is 0.408. The zero-order valence-electron chi connectivity index (χ0n) is 3.37. The van der Waals surface area contributed by atoms with E-state index in [0.717, 1.165) is 0 Å². The minimum absolute atomic E-state index is 0. The molecule has 0 aliphatic heterocycles. The van der Waals surface area contributed by atoms with Crippen LogP contribution in [0.2, 0.25) is 0 Å². The molecular weight excluding hydrogens is 155 g/mol. The summed E-state index contributed by atoms with van der Waals surface area (Å²) in [7, 11) is -5.17. The Morgan fingerprint density at radius 1 is 1.33 bits per heavy atom. The minimum Gasteiger partial charge on any atom is -0.759 e. The van der Waals surface area contributed by atoms with Crippen LogP contribution in [0.5, 0.6) is 0 Å². The largest absolute Gasteiger partial charge is 1.00 e. The zero-order valence-corrected chi connectivity index (χ0v) is 4.23. The van der Waals surface area contributed by atoms with Gasteiger partial charge in [-0.25, -0.2) is 0 Å². The summed E-state index contributed by atoms with van der Waals surface area (Å²) in [5.41, 5.74) is 0. The molecular formula is HCoO4S-. The molecule has 0 atom stereocenters. The van der Waals surface area contributed by atoms with E-state index in [0.29, 0.717) is 0 Å². The quantitative estimate of drug-likeness (QED) is 0.325. The summed E-state index contributed by atoms with van der Waals surface area (Å²) in [6.45, 7) is 0. The van der Waals surface area contributed by atoms with Crippen LogP contribution in [0, 0.1) is 0 Å². The van der Waals surface area contributed by atoms with Crippen LogP contribution >= 0.6 is 0 Å². The Balaban J connectivity index is -0.0000000800. The molecule has 4 nitrogen and oxygen atoms in total. The van der Waals surface area contributed by atoms with Crippen molar-refractivity contribution >= 4 is 10.4 Å². The SMILES string of the molecule is O=S(=O)([O-])[O-].[Co].[H+]. The van der Waals surface area contributed by atoms with E-state index in [1.54, 1.807) is 0 Å². The van der Waals surface area contributed by atoms with Crippen molar-refractivity contribution in [3.05, 3.63) is 0 Å². The average molecular weight is 156 g/mol. The van der Waals surface area contributed by atoms with Gasteiger partial charge in [0.25, 0.3) is 0 Å². The van der Waals surface area contributed by atoms with Crippen LogP contribution in [0.1, 0.15) is 1.43 Å². The van der Waals surface area contributed by atoms with Gasteiger partial charge in [-0.3, -0.25) is 8.42 Å². The van der Waals surface area contributed by atoms with Crippen LogP contribution in [-0.4, -0.2) is 17.5 Å². The first kappa shape index (κ1) is 9.62. The maximum absolute atomic E-state index is 8.52. The Morgan fingerprint density at radius 3 is 1.33 bits per heavy atom. The Bertz CT molecular complexity index is 94.9. The van der Waals surface area contributed by atoms with Crippen LogP contribution < -0.4 is 0 Å². The van der Waals surface area contributed by atoms with Crippen molar-refractivity contribution in [1.29, 1.82) is 0 Å². The molecule has 0 rings (SSSR count).